The van der Waals surface area contributed by atoms with E-state index in [0.717, 1.165) is 50.3 Å². The van der Waals surface area contributed by atoms with Crippen LogP contribution in [0.15, 0.2) is 79.1 Å². The van der Waals surface area contributed by atoms with Crippen LogP contribution in [0.3, 0.4) is 0 Å². The number of aromatic nitrogens is 3. The van der Waals surface area contributed by atoms with Crippen molar-refractivity contribution in [3.8, 4) is 5.75 Å². The first-order valence-electron chi connectivity index (χ1n) is 9.53. The summed E-state index contributed by atoms with van der Waals surface area (Å²) < 4.78 is 5.88. The van der Waals surface area contributed by atoms with Gasteiger partial charge in [0.15, 0.2) is 0 Å². The van der Waals surface area contributed by atoms with E-state index in [1.807, 2.05) is 61.5 Å². The Bertz CT molecular complexity index is 1280. The number of pyridine rings is 1. The molecule has 5 rings (SSSR count). The number of aryl methyl sites for hydroxylation is 1. The molecule has 30 heavy (non-hydrogen) atoms. The summed E-state index contributed by atoms with van der Waals surface area (Å²) >= 11 is 0. The lowest BCUT2D eigenvalue weighted by molar-refractivity contribution is 0.306. The van der Waals surface area contributed by atoms with Crippen LogP contribution in [-0.2, 0) is 6.61 Å². The van der Waals surface area contributed by atoms with Gasteiger partial charge >= 0.3 is 0 Å². The highest BCUT2D eigenvalue weighted by Gasteiger charge is 2.10. The number of hydrogen-bond acceptors (Lipinski definition) is 4. The van der Waals surface area contributed by atoms with Gasteiger partial charge in [0.1, 0.15) is 12.4 Å². The van der Waals surface area contributed by atoms with Crippen LogP contribution in [0.4, 0.5) is 11.4 Å². The first kappa shape index (κ1) is 19.7. The Morgan fingerprint density at radius 2 is 1.70 bits per heavy atom. The minimum Gasteiger partial charge on any atom is -0.489 e. The summed E-state index contributed by atoms with van der Waals surface area (Å²) in [5.41, 5.74) is 6.95. The molecule has 0 bridgehead atoms. The van der Waals surface area contributed by atoms with Crippen LogP contribution in [0.25, 0.3) is 21.9 Å². The quantitative estimate of drug-likeness (QED) is 0.360. The van der Waals surface area contributed by atoms with Gasteiger partial charge in [0.2, 0.25) is 0 Å². The Balaban J connectivity index is 0.00000218. The van der Waals surface area contributed by atoms with E-state index in [9.17, 15) is 0 Å². The van der Waals surface area contributed by atoms with Crippen LogP contribution in [-0.4, -0.2) is 15.0 Å². The molecule has 6 heteroatoms. The van der Waals surface area contributed by atoms with Crippen LogP contribution >= 0.6 is 12.4 Å². The molecule has 0 saturated heterocycles. The van der Waals surface area contributed by atoms with Crippen molar-refractivity contribution < 1.29 is 4.74 Å². The Morgan fingerprint density at radius 3 is 2.50 bits per heavy atom. The Labute approximate surface area is 180 Å². The van der Waals surface area contributed by atoms with Gasteiger partial charge in [-0.25, -0.2) is 4.98 Å². The zero-order valence-corrected chi connectivity index (χ0v) is 17.2. The van der Waals surface area contributed by atoms with Crippen molar-refractivity contribution in [3.05, 3.63) is 90.4 Å². The number of nitrogens with one attached hydrogen (secondary N) is 2. The van der Waals surface area contributed by atoms with Crippen molar-refractivity contribution in [2.75, 3.05) is 5.32 Å². The van der Waals surface area contributed by atoms with Crippen LogP contribution < -0.4 is 10.1 Å². The number of imidazole rings is 1. The van der Waals surface area contributed by atoms with Crippen molar-refractivity contribution in [3.63, 3.8) is 0 Å². The number of rotatable bonds is 5. The zero-order valence-electron chi connectivity index (χ0n) is 16.4. The van der Waals surface area contributed by atoms with Gasteiger partial charge in [-0.2, -0.15) is 0 Å². The average Bonchev–Trinajstić information content (AvgIpc) is 3.22. The molecule has 0 unspecified atom stereocenters. The molecular formula is C24H21ClN4O. The molecule has 3 aromatic carbocycles. The van der Waals surface area contributed by atoms with Crippen LogP contribution in [0.1, 0.15) is 11.3 Å². The van der Waals surface area contributed by atoms with E-state index in [4.69, 9.17) is 4.74 Å². The van der Waals surface area contributed by atoms with E-state index in [-0.39, 0.29) is 12.4 Å². The molecule has 0 saturated carbocycles. The Morgan fingerprint density at radius 1 is 0.933 bits per heavy atom. The van der Waals surface area contributed by atoms with Gasteiger partial charge in [0.05, 0.1) is 28.6 Å². The lowest BCUT2D eigenvalue weighted by atomic mass is 10.1. The number of halogens is 1. The average molecular weight is 417 g/mol. The molecule has 0 spiro atoms. The largest absolute Gasteiger partial charge is 0.489 e. The van der Waals surface area contributed by atoms with E-state index in [2.05, 4.69) is 38.5 Å². The molecule has 5 nitrogen and oxygen atoms in total. The summed E-state index contributed by atoms with van der Waals surface area (Å²) in [6.45, 7) is 2.56. The summed E-state index contributed by atoms with van der Waals surface area (Å²) in [6, 6.07) is 24.2. The molecular weight excluding hydrogens is 396 g/mol. The molecule has 0 radical (unpaired) electrons. The number of nitrogens with zero attached hydrogens (tertiary/aromatic N) is 2. The highest BCUT2D eigenvalue weighted by atomic mass is 35.5. The molecule has 0 amide bonds. The summed E-state index contributed by atoms with van der Waals surface area (Å²) in [5, 5.41) is 4.56. The maximum Gasteiger partial charge on any atom is 0.119 e. The molecule has 0 aliphatic carbocycles. The lowest BCUT2D eigenvalue weighted by Crippen LogP contribution is -1.97. The second-order valence-corrected chi connectivity index (χ2v) is 6.99. The number of ether oxygens (including phenoxy) is 1. The van der Waals surface area contributed by atoms with Crippen LogP contribution in [0, 0.1) is 6.92 Å². The first-order valence-corrected chi connectivity index (χ1v) is 9.53. The number of benzene rings is 3. The van der Waals surface area contributed by atoms with Crippen molar-refractivity contribution >= 4 is 45.7 Å². The highest BCUT2D eigenvalue weighted by molar-refractivity contribution is 6.10. The monoisotopic (exact) mass is 416 g/mol. The smallest absolute Gasteiger partial charge is 0.119 e. The molecule has 2 heterocycles. The summed E-state index contributed by atoms with van der Waals surface area (Å²) in [5.74, 6) is 0.839. The Hall–Kier alpha value is -3.57. The number of anilines is 2. The van der Waals surface area contributed by atoms with Crippen LogP contribution in [0.2, 0.25) is 0 Å². The summed E-state index contributed by atoms with van der Waals surface area (Å²) in [4.78, 5) is 12.3. The fraction of sp³-hybridized carbons (Fsp3) is 0.0833. The third-order valence-corrected chi connectivity index (χ3v) is 4.87. The van der Waals surface area contributed by atoms with E-state index in [1.165, 1.54) is 0 Å². The van der Waals surface area contributed by atoms with Gasteiger partial charge in [0, 0.05) is 16.8 Å². The minimum absolute atomic E-state index is 0. The lowest BCUT2D eigenvalue weighted by Gasteiger charge is -2.12. The maximum absolute atomic E-state index is 5.88. The summed E-state index contributed by atoms with van der Waals surface area (Å²) in [6.07, 6.45) is 1.71. The normalized spacial score (nSPS) is 10.7. The van der Waals surface area contributed by atoms with Gasteiger partial charge in [0.25, 0.3) is 0 Å². The third kappa shape index (κ3) is 3.93. The second-order valence-electron chi connectivity index (χ2n) is 6.99. The predicted octanol–water partition coefficient (Wildman–Crippen LogP) is 6.16. The van der Waals surface area contributed by atoms with Crippen LogP contribution in [0.5, 0.6) is 5.75 Å². The number of H-pyrrole nitrogens is 1. The van der Waals surface area contributed by atoms with E-state index >= 15 is 0 Å². The van der Waals surface area contributed by atoms with E-state index in [0.29, 0.717) is 6.61 Å². The Kier molecular flexibility index (Phi) is 5.55. The van der Waals surface area contributed by atoms with Crippen molar-refractivity contribution in [2.45, 2.75) is 13.5 Å². The first-order chi connectivity index (χ1) is 14.3. The summed E-state index contributed by atoms with van der Waals surface area (Å²) in [7, 11) is 0. The molecule has 0 fully saturated rings. The molecule has 0 atom stereocenters. The SMILES string of the molecule is Cc1cc(Nc2ccc(OCc3ccccc3)cc2)c2c(ccc3nc[nH]c32)n1.Cl. The van der Waals surface area contributed by atoms with Gasteiger partial charge in [-0.05, 0) is 55.0 Å². The molecule has 2 N–H and O–H groups in total. The molecule has 0 aliphatic rings. The van der Waals surface area contributed by atoms with Crippen molar-refractivity contribution in [1.29, 1.82) is 0 Å². The predicted molar refractivity (Wildman–Crippen MR) is 124 cm³/mol. The molecule has 0 aliphatic heterocycles. The minimum atomic E-state index is 0. The van der Waals surface area contributed by atoms with E-state index in [1.54, 1.807) is 6.33 Å². The standard InChI is InChI=1S/C24H20N4O.ClH/c1-16-13-22(23-20(27-16)11-12-21-24(23)26-15-25-21)28-18-7-9-19(10-8-18)29-14-17-5-3-2-4-6-17;/h2-13,15H,14H2,1H3,(H,25,26)(H,27,28);1H. The van der Waals surface area contributed by atoms with Gasteiger partial charge in [-0.3, -0.25) is 4.98 Å². The second kappa shape index (κ2) is 8.43. The third-order valence-electron chi connectivity index (χ3n) is 4.87. The van der Waals surface area contributed by atoms with Gasteiger partial charge < -0.3 is 15.0 Å². The zero-order chi connectivity index (χ0) is 19.6. The van der Waals surface area contributed by atoms with E-state index < -0.39 is 0 Å². The number of hydrogen-bond donors (Lipinski definition) is 2. The van der Waals surface area contributed by atoms with Gasteiger partial charge in [-0.15, -0.1) is 12.4 Å². The van der Waals surface area contributed by atoms with Crippen molar-refractivity contribution in [2.24, 2.45) is 0 Å². The number of fused-ring (bicyclic) bond motifs is 3. The number of aromatic amines is 1. The molecule has 5 aromatic rings. The van der Waals surface area contributed by atoms with Gasteiger partial charge in [-0.1, -0.05) is 30.3 Å². The van der Waals surface area contributed by atoms with Crippen molar-refractivity contribution in [1.82, 2.24) is 15.0 Å². The molecule has 150 valence electrons. The fourth-order valence-corrected chi connectivity index (χ4v) is 3.50. The topological polar surface area (TPSA) is 62.8 Å². The fourth-order valence-electron chi connectivity index (χ4n) is 3.50. The molecule has 2 aromatic heterocycles. The highest BCUT2D eigenvalue weighted by Crippen LogP contribution is 2.32. The maximum atomic E-state index is 5.88.